The van der Waals surface area contributed by atoms with E-state index in [0.29, 0.717) is 47.2 Å². The number of benzene rings is 2. The lowest BCUT2D eigenvalue weighted by atomic mass is 10.0. The number of ether oxygens (including phenoxy) is 3. The molecule has 188 valence electrons. The number of rotatable bonds is 7. The Morgan fingerprint density at radius 2 is 2.03 bits per heavy atom. The highest BCUT2D eigenvalue weighted by atomic mass is 19.4. The minimum absolute atomic E-state index is 0.125. The lowest BCUT2D eigenvalue weighted by molar-refractivity contribution is -0.140. The number of nitrogens with one attached hydrogen (secondary N) is 2. The van der Waals surface area contributed by atoms with Crippen molar-refractivity contribution >= 4 is 16.7 Å². The number of aromatic nitrogens is 2. The average Bonchev–Trinajstić information content (AvgIpc) is 2.82. The summed E-state index contributed by atoms with van der Waals surface area (Å²) in [5, 5.41) is 6.82. The molecule has 0 saturated carbocycles. The van der Waals surface area contributed by atoms with Gasteiger partial charge < -0.3 is 24.8 Å². The van der Waals surface area contributed by atoms with Crippen molar-refractivity contribution in [3.63, 3.8) is 0 Å². The van der Waals surface area contributed by atoms with Crippen LogP contribution >= 0.6 is 0 Å². The van der Waals surface area contributed by atoms with Gasteiger partial charge in [0.2, 0.25) is 0 Å². The summed E-state index contributed by atoms with van der Waals surface area (Å²) in [7, 11) is 1.51. The second-order valence-corrected chi connectivity index (χ2v) is 8.22. The maximum atomic E-state index is 14.7. The second-order valence-electron chi connectivity index (χ2n) is 8.22. The summed E-state index contributed by atoms with van der Waals surface area (Å²) in [6.45, 7) is 5.57. The molecule has 2 heterocycles. The van der Waals surface area contributed by atoms with Crippen molar-refractivity contribution in [3.05, 3.63) is 53.1 Å². The summed E-state index contributed by atoms with van der Waals surface area (Å²) in [6.07, 6.45) is -4.92. The zero-order chi connectivity index (χ0) is 25.2. The molecular weight excluding hydrogens is 468 g/mol. The highest BCUT2D eigenvalue weighted by Crippen LogP contribution is 2.37. The molecule has 1 aromatic heterocycles. The van der Waals surface area contributed by atoms with Crippen LogP contribution in [-0.2, 0) is 10.9 Å². The van der Waals surface area contributed by atoms with Gasteiger partial charge in [-0.25, -0.2) is 14.4 Å². The molecule has 0 unspecified atom stereocenters. The Morgan fingerprint density at radius 1 is 1.23 bits per heavy atom. The van der Waals surface area contributed by atoms with Crippen LogP contribution < -0.4 is 20.1 Å². The van der Waals surface area contributed by atoms with Gasteiger partial charge in [-0.3, -0.25) is 0 Å². The van der Waals surface area contributed by atoms with E-state index in [9.17, 15) is 17.6 Å². The van der Waals surface area contributed by atoms with Crippen LogP contribution in [0.15, 0.2) is 30.3 Å². The third-order valence-corrected chi connectivity index (χ3v) is 5.68. The van der Waals surface area contributed by atoms with E-state index in [4.69, 9.17) is 14.2 Å². The van der Waals surface area contributed by atoms with E-state index in [1.807, 2.05) is 0 Å². The highest BCUT2D eigenvalue weighted by Gasteiger charge is 2.35. The largest absolute Gasteiger partial charge is 0.493 e. The average molecular weight is 494 g/mol. The Labute approximate surface area is 199 Å². The Bertz CT molecular complexity index is 1200. The Morgan fingerprint density at radius 3 is 2.71 bits per heavy atom. The minimum atomic E-state index is -4.79. The van der Waals surface area contributed by atoms with Crippen molar-refractivity contribution in [3.8, 4) is 11.5 Å². The maximum Gasteiger partial charge on any atom is 0.419 e. The van der Waals surface area contributed by atoms with E-state index in [-0.39, 0.29) is 18.3 Å². The van der Waals surface area contributed by atoms with Crippen LogP contribution in [0.2, 0.25) is 0 Å². The zero-order valence-electron chi connectivity index (χ0n) is 19.5. The Kier molecular flexibility index (Phi) is 7.27. The van der Waals surface area contributed by atoms with E-state index in [1.165, 1.54) is 19.2 Å². The summed E-state index contributed by atoms with van der Waals surface area (Å²) in [5.74, 6) is 0.334. The van der Waals surface area contributed by atoms with Crippen LogP contribution in [0.1, 0.15) is 29.9 Å². The molecule has 1 aliphatic heterocycles. The molecular formula is C24H26F4N4O3. The summed E-state index contributed by atoms with van der Waals surface area (Å²) >= 11 is 0. The third kappa shape index (κ3) is 5.57. The van der Waals surface area contributed by atoms with Crippen molar-refractivity contribution in [2.75, 3.05) is 38.7 Å². The van der Waals surface area contributed by atoms with Crippen molar-refractivity contribution in [1.29, 1.82) is 0 Å². The smallest absolute Gasteiger partial charge is 0.419 e. The molecule has 4 rings (SSSR count). The Hall–Kier alpha value is -3.18. The number of halogens is 4. The summed E-state index contributed by atoms with van der Waals surface area (Å²) < 4.78 is 71.4. The monoisotopic (exact) mass is 494 g/mol. The first-order chi connectivity index (χ1) is 16.7. The fourth-order valence-corrected chi connectivity index (χ4v) is 3.93. The van der Waals surface area contributed by atoms with E-state index < -0.39 is 23.6 Å². The van der Waals surface area contributed by atoms with Gasteiger partial charge in [-0.15, -0.1) is 0 Å². The standard InChI is InChI=1S/C24H26F4N4O3/c1-13(16-5-4-6-18(22(16)25)24(26,27)28)30-23-17-9-21(35-12-15-11-29-7-8-34-15)20(33-3)10-19(17)31-14(2)32-23/h4-6,9-10,13,15,29H,7-8,11-12H2,1-3H3,(H,30,31,32)/t13-,15+/m1/s1. The van der Waals surface area contributed by atoms with Gasteiger partial charge in [-0.05, 0) is 26.0 Å². The number of nitrogens with zero attached hydrogens (tertiary/aromatic N) is 2. The first-order valence-electron chi connectivity index (χ1n) is 11.1. The van der Waals surface area contributed by atoms with Crippen LogP contribution in [0.5, 0.6) is 11.5 Å². The SMILES string of the molecule is COc1cc2nc(C)nc(N[C@H](C)c3cccc(C(F)(F)F)c3F)c2cc1OC[C@@H]1CNCCO1. The molecule has 1 fully saturated rings. The molecule has 35 heavy (non-hydrogen) atoms. The highest BCUT2D eigenvalue weighted by molar-refractivity contribution is 5.92. The summed E-state index contributed by atoms with van der Waals surface area (Å²) in [6, 6.07) is 5.79. The van der Waals surface area contributed by atoms with Crippen LogP contribution in [0.3, 0.4) is 0 Å². The first kappa shape index (κ1) is 24.9. The van der Waals surface area contributed by atoms with Gasteiger partial charge in [0.05, 0.1) is 30.8 Å². The minimum Gasteiger partial charge on any atom is -0.493 e. The van der Waals surface area contributed by atoms with Crippen LogP contribution in [-0.4, -0.2) is 49.5 Å². The normalized spacial score (nSPS) is 17.3. The van der Waals surface area contributed by atoms with Crippen LogP contribution in [0.25, 0.3) is 10.9 Å². The number of fused-ring (bicyclic) bond motifs is 1. The molecule has 3 aromatic rings. The van der Waals surface area contributed by atoms with Crippen molar-refractivity contribution < 1.29 is 31.8 Å². The summed E-state index contributed by atoms with van der Waals surface area (Å²) in [4.78, 5) is 8.85. The quantitative estimate of drug-likeness (QED) is 0.463. The molecule has 2 atom stereocenters. The molecule has 0 aliphatic carbocycles. The molecule has 2 N–H and O–H groups in total. The molecule has 1 aliphatic rings. The first-order valence-corrected chi connectivity index (χ1v) is 11.1. The predicted octanol–water partition coefficient (Wildman–Crippen LogP) is 4.65. The molecule has 0 amide bonds. The number of anilines is 1. The van der Waals surface area contributed by atoms with Gasteiger partial charge >= 0.3 is 6.18 Å². The number of morpholine rings is 1. The Balaban J connectivity index is 1.66. The van der Waals surface area contributed by atoms with E-state index in [0.717, 1.165) is 12.6 Å². The second kappa shape index (κ2) is 10.2. The number of hydrogen-bond acceptors (Lipinski definition) is 7. The van der Waals surface area contributed by atoms with Gasteiger partial charge in [-0.1, -0.05) is 12.1 Å². The molecule has 0 bridgehead atoms. The van der Waals surface area contributed by atoms with Gasteiger partial charge in [0, 0.05) is 30.1 Å². The summed E-state index contributed by atoms with van der Waals surface area (Å²) in [5.41, 5.74) is -0.903. The fraction of sp³-hybridized carbons (Fsp3) is 0.417. The van der Waals surface area contributed by atoms with Crippen molar-refractivity contribution in [1.82, 2.24) is 15.3 Å². The van der Waals surface area contributed by atoms with Crippen LogP contribution in [0, 0.1) is 12.7 Å². The molecule has 11 heteroatoms. The molecule has 2 aromatic carbocycles. The molecule has 1 saturated heterocycles. The van der Waals surface area contributed by atoms with Gasteiger partial charge in [0.15, 0.2) is 11.5 Å². The van der Waals surface area contributed by atoms with E-state index in [2.05, 4.69) is 20.6 Å². The molecule has 0 radical (unpaired) electrons. The topological polar surface area (TPSA) is 77.5 Å². The van der Waals surface area contributed by atoms with Gasteiger partial charge in [0.25, 0.3) is 0 Å². The lowest BCUT2D eigenvalue weighted by Crippen LogP contribution is -2.41. The van der Waals surface area contributed by atoms with E-state index >= 15 is 0 Å². The van der Waals surface area contributed by atoms with Crippen molar-refractivity contribution in [2.24, 2.45) is 0 Å². The van der Waals surface area contributed by atoms with Crippen molar-refractivity contribution in [2.45, 2.75) is 32.2 Å². The molecule has 7 nitrogen and oxygen atoms in total. The number of aryl methyl sites for hydroxylation is 1. The third-order valence-electron chi connectivity index (χ3n) is 5.68. The lowest BCUT2D eigenvalue weighted by Gasteiger charge is -2.24. The van der Waals surface area contributed by atoms with Gasteiger partial charge in [0.1, 0.15) is 30.2 Å². The predicted molar refractivity (Wildman–Crippen MR) is 122 cm³/mol. The van der Waals surface area contributed by atoms with Crippen LogP contribution in [0.4, 0.5) is 23.4 Å². The number of hydrogen-bond donors (Lipinski definition) is 2. The fourth-order valence-electron chi connectivity index (χ4n) is 3.93. The molecule has 0 spiro atoms. The van der Waals surface area contributed by atoms with Gasteiger partial charge in [-0.2, -0.15) is 13.2 Å². The van der Waals surface area contributed by atoms with E-state index in [1.54, 1.807) is 26.0 Å². The number of methoxy groups -OCH3 is 1. The zero-order valence-corrected chi connectivity index (χ0v) is 19.5. The maximum absolute atomic E-state index is 14.7. The number of alkyl halides is 3.